The molecule has 110 valence electrons. The molecule has 2 aromatic heterocycles. The standard InChI is InChI=1S/C14H15FN4OS/c1-3-8-18-12(20)9-6-5-7-10(15)11(9)19-13(18)16-17-14(19)21-4-2/h5-7H,3-4,8H2,1-2H3. The second-order valence-electron chi connectivity index (χ2n) is 4.64. The van der Waals surface area contributed by atoms with Crippen molar-refractivity contribution in [1.29, 1.82) is 0 Å². The van der Waals surface area contributed by atoms with E-state index in [1.54, 1.807) is 21.1 Å². The van der Waals surface area contributed by atoms with E-state index in [0.717, 1.165) is 12.2 Å². The Balaban J connectivity index is 2.54. The van der Waals surface area contributed by atoms with Crippen molar-refractivity contribution < 1.29 is 4.39 Å². The van der Waals surface area contributed by atoms with Crippen LogP contribution in [0.3, 0.4) is 0 Å². The van der Waals surface area contributed by atoms with Crippen LogP contribution in [-0.4, -0.2) is 24.9 Å². The predicted octanol–water partition coefficient (Wildman–Crippen LogP) is 2.71. The lowest BCUT2D eigenvalue weighted by Gasteiger charge is -2.10. The van der Waals surface area contributed by atoms with Crippen LogP contribution < -0.4 is 5.56 Å². The number of thioether (sulfide) groups is 1. The monoisotopic (exact) mass is 306 g/mol. The van der Waals surface area contributed by atoms with E-state index in [-0.39, 0.29) is 11.1 Å². The van der Waals surface area contributed by atoms with Crippen LogP contribution in [0.5, 0.6) is 0 Å². The molecule has 0 unspecified atom stereocenters. The van der Waals surface area contributed by atoms with Gasteiger partial charge in [0.05, 0.1) is 10.9 Å². The lowest BCUT2D eigenvalue weighted by Crippen LogP contribution is -2.23. The Bertz CT molecular complexity index is 871. The van der Waals surface area contributed by atoms with Crippen molar-refractivity contribution in [1.82, 2.24) is 19.2 Å². The Morgan fingerprint density at radius 3 is 2.81 bits per heavy atom. The minimum atomic E-state index is -0.434. The van der Waals surface area contributed by atoms with Crippen LogP contribution in [0.2, 0.25) is 0 Å². The molecule has 2 heterocycles. The summed E-state index contributed by atoms with van der Waals surface area (Å²) >= 11 is 1.47. The molecule has 7 heteroatoms. The smallest absolute Gasteiger partial charge is 0.262 e. The number of para-hydroxylation sites is 1. The summed E-state index contributed by atoms with van der Waals surface area (Å²) in [5, 5.41) is 9.17. The highest BCUT2D eigenvalue weighted by molar-refractivity contribution is 7.99. The molecule has 3 aromatic rings. The van der Waals surface area contributed by atoms with Crippen molar-refractivity contribution in [3.05, 3.63) is 34.4 Å². The van der Waals surface area contributed by atoms with Gasteiger partial charge < -0.3 is 0 Å². The van der Waals surface area contributed by atoms with Gasteiger partial charge in [0.1, 0.15) is 5.82 Å². The van der Waals surface area contributed by atoms with E-state index in [1.165, 1.54) is 17.8 Å². The summed E-state index contributed by atoms with van der Waals surface area (Å²) in [5.74, 6) is 0.760. The molecule has 0 amide bonds. The number of rotatable bonds is 4. The first-order valence-corrected chi connectivity index (χ1v) is 7.86. The van der Waals surface area contributed by atoms with Gasteiger partial charge in [0.15, 0.2) is 5.16 Å². The summed E-state index contributed by atoms with van der Waals surface area (Å²) in [4.78, 5) is 12.6. The molecule has 0 radical (unpaired) electrons. The zero-order valence-electron chi connectivity index (χ0n) is 11.8. The fourth-order valence-electron chi connectivity index (χ4n) is 2.43. The Labute approximate surface area is 124 Å². The molecular formula is C14H15FN4OS. The van der Waals surface area contributed by atoms with Crippen molar-refractivity contribution in [3.8, 4) is 0 Å². The summed E-state index contributed by atoms with van der Waals surface area (Å²) in [5.41, 5.74) is 0.0325. The van der Waals surface area contributed by atoms with Gasteiger partial charge in [-0.2, -0.15) is 0 Å². The molecule has 0 aliphatic carbocycles. The highest BCUT2D eigenvalue weighted by Crippen LogP contribution is 2.23. The van der Waals surface area contributed by atoms with Gasteiger partial charge in [-0.3, -0.25) is 13.8 Å². The van der Waals surface area contributed by atoms with Gasteiger partial charge in [-0.15, -0.1) is 10.2 Å². The molecule has 0 saturated heterocycles. The van der Waals surface area contributed by atoms with E-state index in [4.69, 9.17) is 0 Å². The van der Waals surface area contributed by atoms with Gasteiger partial charge in [0, 0.05) is 6.54 Å². The minimum absolute atomic E-state index is 0.223. The molecule has 0 N–H and O–H groups in total. The van der Waals surface area contributed by atoms with E-state index >= 15 is 0 Å². The third-order valence-corrected chi connectivity index (χ3v) is 4.08. The number of hydrogen-bond donors (Lipinski definition) is 0. The summed E-state index contributed by atoms with van der Waals surface area (Å²) in [6.07, 6.45) is 0.791. The number of halogens is 1. The number of benzene rings is 1. The van der Waals surface area contributed by atoms with Crippen LogP contribution in [0.15, 0.2) is 28.2 Å². The Hall–Kier alpha value is -1.89. The van der Waals surface area contributed by atoms with E-state index in [0.29, 0.717) is 22.9 Å². The first-order chi connectivity index (χ1) is 10.2. The molecule has 0 bridgehead atoms. The van der Waals surface area contributed by atoms with Crippen LogP contribution in [0.4, 0.5) is 4.39 Å². The first kappa shape index (κ1) is 14.1. The molecule has 0 aliphatic rings. The van der Waals surface area contributed by atoms with Crippen LogP contribution >= 0.6 is 11.8 Å². The zero-order valence-corrected chi connectivity index (χ0v) is 12.7. The number of aromatic nitrogens is 4. The number of fused-ring (bicyclic) bond motifs is 3. The van der Waals surface area contributed by atoms with Crippen LogP contribution in [0.25, 0.3) is 16.7 Å². The molecule has 0 saturated carbocycles. The average molecular weight is 306 g/mol. The maximum atomic E-state index is 14.3. The largest absolute Gasteiger partial charge is 0.276 e. The molecular weight excluding hydrogens is 291 g/mol. The fourth-order valence-corrected chi connectivity index (χ4v) is 3.09. The van der Waals surface area contributed by atoms with E-state index in [1.807, 2.05) is 13.8 Å². The van der Waals surface area contributed by atoms with Crippen LogP contribution in [0.1, 0.15) is 20.3 Å². The van der Waals surface area contributed by atoms with Crippen LogP contribution in [0, 0.1) is 5.82 Å². The second-order valence-corrected chi connectivity index (χ2v) is 5.87. The lowest BCUT2D eigenvalue weighted by molar-refractivity contribution is 0.626. The van der Waals surface area contributed by atoms with Crippen molar-refractivity contribution in [2.24, 2.45) is 0 Å². The number of aryl methyl sites for hydroxylation is 1. The van der Waals surface area contributed by atoms with Crippen molar-refractivity contribution in [2.75, 3.05) is 5.75 Å². The SMILES string of the molecule is CCCn1c(=O)c2cccc(F)c2n2c(SCC)nnc12. The highest BCUT2D eigenvalue weighted by Gasteiger charge is 2.18. The molecule has 0 spiro atoms. The topological polar surface area (TPSA) is 52.2 Å². The van der Waals surface area contributed by atoms with Gasteiger partial charge in [-0.05, 0) is 24.3 Å². The predicted molar refractivity (Wildman–Crippen MR) is 81.4 cm³/mol. The fraction of sp³-hybridized carbons (Fsp3) is 0.357. The molecule has 0 aliphatic heterocycles. The second kappa shape index (κ2) is 5.48. The number of nitrogens with zero attached hydrogens (tertiary/aromatic N) is 4. The molecule has 0 fully saturated rings. The van der Waals surface area contributed by atoms with Gasteiger partial charge in [0.25, 0.3) is 5.56 Å². The highest BCUT2D eigenvalue weighted by atomic mass is 32.2. The maximum absolute atomic E-state index is 14.3. The molecule has 5 nitrogen and oxygen atoms in total. The lowest BCUT2D eigenvalue weighted by atomic mass is 10.2. The quantitative estimate of drug-likeness (QED) is 0.695. The van der Waals surface area contributed by atoms with Gasteiger partial charge in [-0.1, -0.05) is 31.7 Å². The average Bonchev–Trinajstić information content (AvgIpc) is 2.87. The number of hydrogen-bond acceptors (Lipinski definition) is 4. The van der Waals surface area contributed by atoms with Crippen LogP contribution in [-0.2, 0) is 6.54 Å². The third kappa shape index (κ3) is 2.12. The Kier molecular flexibility index (Phi) is 3.67. The summed E-state index contributed by atoms with van der Waals surface area (Å²) in [6, 6.07) is 4.55. The first-order valence-electron chi connectivity index (χ1n) is 6.88. The Morgan fingerprint density at radius 2 is 2.10 bits per heavy atom. The van der Waals surface area contributed by atoms with Gasteiger partial charge in [0.2, 0.25) is 5.78 Å². The van der Waals surface area contributed by atoms with E-state index in [9.17, 15) is 9.18 Å². The Morgan fingerprint density at radius 1 is 1.29 bits per heavy atom. The zero-order chi connectivity index (χ0) is 15.0. The van der Waals surface area contributed by atoms with E-state index < -0.39 is 5.82 Å². The molecule has 3 rings (SSSR count). The molecule has 1 aromatic carbocycles. The summed E-state index contributed by atoms with van der Waals surface area (Å²) in [7, 11) is 0. The normalized spacial score (nSPS) is 11.6. The summed E-state index contributed by atoms with van der Waals surface area (Å²) < 4.78 is 17.5. The van der Waals surface area contributed by atoms with Crippen molar-refractivity contribution in [2.45, 2.75) is 32.0 Å². The maximum Gasteiger partial charge on any atom is 0.262 e. The summed E-state index contributed by atoms with van der Waals surface area (Å²) in [6.45, 7) is 4.51. The molecule has 0 atom stereocenters. The van der Waals surface area contributed by atoms with E-state index in [2.05, 4.69) is 10.2 Å². The van der Waals surface area contributed by atoms with Gasteiger partial charge >= 0.3 is 0 Å². The minimum Gasteiger partial charge on any atom is -0.276 e. The van der Waals surface area contributed by atoms with Crippen molar-refractivity contribution in [3.63, 3.8) is 0 Å². The molecule has 21 heavy (non-hydrogen) atoms. The van der Waals surface area contributed by atoms with Crippen molar-refractivity contribution >= 4 is 28.4 Å². The van der Waals surface area contributed by atoms with Gasteiger partial charge in [-0.25, -0.2) is 4.39 Å². The third-order valence-electron chi connectivity index (χ3n) is 3.26.